The van der Waals surface area contributed by atoms with Crippen LogP contribution in [0.5, 0.6) is 0 Å². The van der Waals surface area contributed by atoms with Crippen LogP contribution in [-0.2, 0) is 0 Å². The molecule has 3 nitrogen and oxygen atoms in total. The maximum Gasteiger partial charge on any atom is 0.195 e. The minimum Gasteiger partial charge on any atom is -0.298 e. The zero-order valence-electron chi connectivity index (χ0n) is 10.6. The Hall–Kier alpha value is -1.42. The summed E-state index contributed by atoms with van der Waals surface area (Å²) >= 11 is 5.28. The first-order valence-corrected chi connectivity index (χ1v) is 6.16. The molecule has 0 saturated carbocycles. The summed E-state index contributed by atoms with van der Waals surface area (Å²) in [6.45, 7) is 8.43. The standard InChI is InChI=1S/C13H17N3S/c1-8(2)16-12(14-15-13(16)17)11-9(3)6-5-7-10(11)4/h5-8H,1-4H3,(H,15,17). The van der Waals surface area contributed by atoms with Crippen LogP contribution in [0, 0.1) is 18.6 Å². The van der Waals surface area contributed by atoms with Gasteiger partial charge in [-0.1, -0.05) is 18.2 Å². The van der Waals surface area contributed by atoms with Crippen LogP contribution < -0.4 is 0 Å². The van der Waals surface area contributed by atoms with Gasteiger partial charge in [0, 0.05) is 11.6 Å². The summed E-state index contributed by atoms with van der Waals surface area (Å²) in [6, 6.07) is 6.57. The van der Waals surface area contributed by atoms with E-state index in [1.165, 1.54) is 16.7 Å². The second-order valence-electron chi connectivity index (χ2n) is 4.58. The second kappa shape index (κ2) is 4.45. The Bertz CT molecular complexity index is 573. The molecule has 0 bridgehead atoms. The van der Waals surface area contributed by atoms with Crippen molar-refractivity contribution in [3.05, 3.63) is 34.1 Å². The first kappa shape index (κ1) is 12.0. The third kappa shape index (κ3) is 2.05. The molecule has 0 saturated heterocycles. The van der Waals surface area contributed by atoms with Crippen LogP contribution in [0.1, 0.15) is 31.0 Å². The quantitative estimate of drug-likeness (QED) is 0.819. The van der Waals surface area contributed by atoms with E-state index in [2.05, 4.69) is 60.7 Å². The number of nitrogens with zero attached hydrogens (tertiary/aromatic N) is 2. The lowest BCUT2D eigenvalue weighted by molar-refractivity contribution is 0.596. The second-order valence-corrected chi connectivity index (χ2v) is 4.97. The molecule has 2 aromatic rings. The molecule has 0 aliphatic rings. The molecule has 0 aliphatic carbocycles. The Kier molecular flexibility index (Phi) is 3.15. The summed E-state index contributed by atoms with van der Waals surface area (Å²) in [4.78, 5) is 0. The van der Waals surface area contributed by atoms with Gasteiger partial charge in [-0.05, 0) is 51.0 Å². The molecule has 1 aromatic heterocycles. The molecule has 0 radical (unpaired) electrons. The van der Waals surface area contributed by atoms with Crippen molar-refractivity contribution in [3.8, 4) is 11.4 Å². The number of H-pyrrole nitrogens is 1. The number of aromatic nitrogens is 3. The smallest absolute Gasteiger partial charge is 0.195 e. The van der Waals surface area contributed by atoms with Gasteiger partial charge in [0.25, 0.3) is 0 Å². The van der Waals surface area contributed by atoms with Gasteiger partial charge in [-0.3, -0.25) is 9.67 Å². The van der Waals surface area contributed by atoms with Gasteiger partial charge in [0.05, 0.1) is 0 Å². The fourth-order valence-corrected chi connectivity index (χ4v) is 2.47. The van der Waals surface area contributed by atoms with E-state index >= 15 is 0 Å². The molecule has 0 fully saturated rings. The van der Waals surface area contributed by atoms with E-state index < -0.39 is 0 Å². The van der Waals surface area contributed by atoms with Crippen molar-refractivity contribution in [3.63, 3.8) is 0 Å². The van der Waals surface area contributed by atoms with E-state index in [1.54, 1.807) is 0 Å². The van der Waals surface area contributed by atoms with Crippen LogP contribution in [-0.4, -0.2) is 14.8 Å². The van der Waals surface area contributed by atoms with Crippen molar-refractivity contribution in [2.24, 2.45) is 0 Å². The molecule has 4 heteroatoms. The van der Waals surface area contributed by atoms with E-state index in [4.69, 9.17) is 12.2 Å². The lowest BCUT2D eigenvalue weighted by Crippen LogP contribution is -2.05. The fourth-order valence-electron chi connectivity index (χ4n) is 2.13. The van der Waals surface area contributed by atoms with Crippen LogP contribution >= 0.6 is 12.2 Å². The van der Waals surface area contributed by atoms with Crippen LogP contribution in [0.15, 0.2) is 18.2 Å². The summed E-state index contributed by atoms with van der Waals surface area (Å²) in [5, 5.41) is 7.26. The highest BCUT2D eigenvalue weighted by molar-refractivity contribution is 7.71. The van der Waals surface area contributed by atoms with Crippen LogP contribution in [0.3, 0.4) is 0 Å². The molecule has 1 aromatic carbocycles. The molecule has 2 rings (SSSR count). The molecule has 0 unspecified atom stereocenters. The topological polar surface area (TPSA) is 33.6 Å². The van der Waals surface area contributed by atoms with Crippen molar-refractivity contribution in [1.82, 2.24) is 14.8 Å². The Balaban J connectivity index is 2.74. The number of nitrogens with one attached hydrogen (secondary N) is 1. The SMILES string of the molecule is Cc1cccc(C)c1-c1n[nH]c(=S)n1C(C)C. The first-order valence-electron chi connectivity index (χ1n) is 5.76. The van der Waals surface area contributed by atoms with Crippen molar-refractivity contribution in [1.29, 1.82) is 0 Å². The summed E-state index contributed by atoms with van der Waals surface area (Å²) < 4.78 is 2.74. The number of benzene rings is 1. The normalized spacial score (nSPS) is 11.1. The minimum absolute atomic E-state index is 0.301. The van der Waals surface area contributed by atoms with Gasteiger partial charge < -0.3 is 0 Å². The minimum atomic E-state index is 0.301. The van der Waals surface area contributed by atoms with Crippen molar-refractivity contribution in [2.45, 2.75) is 33.7 Å². The average molecular weight is 247 g/mol. The molecule has 0 spiro atoms. The number of aryl methyl sites for hydroxylation is 2. The monoisotopic (exact) mass is 247 g/mol. The molecule has 1 N–H and O–H groups in total. The van der Waals surface area contributed by atoms with E-state index in [-0.39, 0.29) is 0 Å². The zero-order chi connectivity index (χ0) is 12.6. The van der Waals surface area contributed by atoms with Gasteiger partial charge in [-0.25, -0.2) is 0 Å². The lowest BCUT2D eigenvalue weighted by Gasteiger charge is -2.13. The van der Waals surface area contributed by atoms with E-state index in [0.29, 0.717) is 10.8 Å². The van der Waals surface area contributed by atoms with Gasteiger partial charge in [0.1, 0.15) is 0 Å². The number of aromatic amines is 1. The van der Waals surface area contributed by atoms with Gasteiger partial charge in [-0.2, -0.15) is 5.10 Å². The van der Waals surface area contributed by atoms with Crippen LogP contribution in [0.4, 0.5) is 0 Å². The molecular weight excluding hydrogens is 230 g/mol. The molecule has 17 heavy (non-hydrogen) atoms. The molecule has 1 heterocycles. The van der Waals surface area contributed by atoms with Crippen molar-refractivity contribution < 1.29 is 0 Å². The van der Waals surface area contributed by atoms with E-state index in [1.807, 2.05) is 0 Å². The van der Waals surface area contributed by atoms with Crippen molar-refractivity contribution in [2.75, 3.05) is 0 Å². The van der Waals surface area contributed by atoms with Gasteiger partial charge in [0.2, 0.25) is 0 Å². The zero-order valence-corrected chi connectivity index (χ0v) is 11.4. The average Bonchev–Trinajstić information content (AvgIpc) is 2.60. The van der Waals surface area contributed by atoms with E-state index in [9.17, 15) is 0 Å². The molecule has 90 valence electrons. The summed E-state index contributed by atoms with van der Waals surface area (Å²) in [7, 11) is 0. The largest absolute Gasteiger partial charge is 0.298 e. The first-order chi connectivity index (χ1) is 8.02. The van der Waals surface area contributed by atoms with Gasteiger partial charge in [0.15, 0.2) is 10.6 Å². The maximum absolute atomic E-state index is 5.28. The Labute approximate surface area is 106 Å². The summed E-state index contributed by atoms with van der Waals surface area (Å²) in [6.07, 6.45) is 0. The summed E-state index contributed by atoms with van der Waals surface area (Å²) in [5.41, 5.74) is 3.62. The predicted molar refractivity (Wildman–Crippen MR) is 72.7 cm³/mol. The fraction of sp³-hybridized carbons (Fsp3) is 0.385. The number of hydrogen-bond donors (Lipinski definition) is 1. The molecule has 0 amide bonds. The van der Waals surface area contributed by atoms with E-state index in [0.717, 1.165) is 5.82 Å². The predicted octanol–water partition coefficient (Wildman–Crippen LogP) is 3.81. The van der Waals surface area contributed by atoms with Gasteiger partial charge in [-0.15, -0.1) is 0 Å². The molecule has 0 atom stereocenters. The van der Waals surface area contributed by atoms with Crippen LogP contribution in [0.2, 0.25) is 0 Å². The summed E-state index contributed by atoms with van der Waals surface area (Å²) in [5.74, 6) is 0.931. The van der Waals surface area contributed by atoms with Crippen molar-refractivity contribution >= 4 is 12.2 Å². The molecular formula is C13H17N3S. The Morgan fingerprint density at radius 2 is 1.82 bits per heavy atom. The maximum atomic E-state index is 5.28. The number of rotatable bonds is 2. The Morgan fingerprint density at radius 3 is 2.35 bits per heavy atom. The molecule has 0 aliphatic heterocycles. The highest BCUT2D eigenvalue weighted by atomic mass is 32.1. The lowest BCUT2D eigenvalue weighted by atomic mass is 10.0. The highest BCUT2D eigenvalue weighted by Crippen LogP contribution is 2.27. The third-order valence-corrected chi connectivity index (χ3v) is 3.21. The Morgan fingerprint density at radius 1 is 1.24 bits per heavy atom. The van der Waals surface area contributed by atoms with Crippen LogP contribution in [0.25, 0.3) is 11.4 Å². The highest BCUT2D eigenvalue weighted by Gasteiger charge is 2.14. The third-order valence-electron chi connectivity index (χ3n) is 2.93. The number of hydrogen-bond acceptors (Lipinski definition) is 2. The van der Waals surface area contributed by atoms with Gasteiger partial charge >= 0.3 is 0 Å².